The van der Waals surface area contributed by atoms with Crippen LogP contribution < -0.4 is 14.4 Å². The molecule has 9 heteroatoms. The lowest BCUT2D eigenvalue weighted by molar-refractivity contribution is -0.118. The number of hydrogen-bond acceptors (Lipinski definition) is 7. The molecule has 0 N–H and O–H groups in total. The maximum Gasteiger partial charge on any atom is 0.234 e. The number of fused-ring (bicyclic) bond motifs is 1. The summed E-state index contributed by atoms with van der Waals surface area (Å²) in [4.78, 5) is 14.8. The van der Waals surface area contributed by atoms with Crippen LogP contribution in [0.5, 0.6) is 11.5 Å². The summed E-state index contributed by atoms with van der Waals surface area (Å²) in [5, 5.41) is 13.3. The Hall–Kier alpha value is -2.68. The molecule has 0 atom stereocenters. The van der Waals surface area contributed by atoms with E-state index in [9.17, 15) is 4.79 Å². The number of hydrogen-bond donors (Lipinski definition) is 0. The number of anilines is 1. The summed E-state index contributed by atoms with van der Waals surface area (Å²) >= 11 is 1.45. The van der Waals surface area contributed by atoms with Gasteiger partial charge in [0.2, 0.25) is 10.9 Å². The van der Waals surface area contributed by atoms with Gasteiger partial charge in [-0.1, -0.05) is 11.3 Å². The van der Waals surface area contributed by atoms with Crippen molar-refractivity contribution < 1.29 is 14.3 Å². The SMILES string of the molecule is COc1ccc(N(C)C(=O)CCc2nn3c(C)nnc3s2)cc1OC. The largest absolute Gasteiger partial charge is 0.493 e. The summed E-state index contributed by atoms with van der Waals surface area (Å²) in [6.07, 6.45) is 0.915. The van der Waals surface area contributed by atoms with Crippen LogP contribution in [-0.4, -0.2) is 47.0 Å². The molecule has 0 aliphatic heterocycles. The van der Waals surface area contributed by atoms with Gasteiger partial charge in [-0.25, -0.2) is 0 Å². The van der Waals surface area contributed by atoms with E-state index in [1.165, 1.54) is 11.3 Å². The molecule has 3 aromatic rings. The van der Waals surface area contributed by atoms with E-state index in [0.717, 1.165) is 21.5 Å². The highest BCUT2D eigenvalue weighted by Gasteiger charge is 2.16. The third-order valence-corrected chi connectivity index (χ3v) is 4.83. The van der Waals surface area contributed by atoms with Crippen LogP contribution in [-0.2, 0) is 11.2 Å². The third kappa shape index (κ3) is 3.41. The molecule has 0 saturated carbocycles. The Morgan fingerprint density at radius 3 is 2.68 bits per heavy atom. The fourth-order valence-corrected chi connectivity index (χ4v) is 3.29. The number of methoxy groups -OCH3 is 2. The first-order chi connectivity index (χ1) is 12.0. The normalized spacial score (nSPS) is 10.9. The highest BCUT2D eigenvalue weighted by atomic mass is 32.1. The lowest BCUT2D eigenvalue weighted by atomic mass is 10.2. The Labute approximate surface area is 149 Å². The van der Waals surface area contributed by atoms with Gasteiger partial charge < -0.3 is 14.4 Å². The van der Waals surface area contributed by atoms with Crippen molar-refractivity contribution in [3.05, 3.63) is 29.0 Å². The molecule has 0 aliphatic carbocycles. The van der Waals surface area contributed by atoms with Gasteiger partial charge in [-0.2, -0.15) is 9.61 Å². The van der Waals surface area contributed by atoms with Gasteiger partial charge in [-0.05, 0) is 19.1 Å². The topological polar surface area (TPSA) is 81.9 Å². The van der Waals surface area contributed by atoms with Crippen molar-refractivity contribution in [3.63, 3.8) is 0 Å². The second-order valence-corrected chi connectivity index (χ2v) is 6.47. The molecule has 132 valence electrons. The fourth-order valence-electron chi connectivity index (χ4n) is 2.41. The van der Waals surface area contributed by atoms with E-state index in [4.69, 9.17) is 9.47 Å². The zero-order chi connectivity index (χ0) is 18.0. The third-order valence-electron chi connectivity index (χ3n) is 3.87. The van der Waals surface area contributed by atoms with Crippen LogP contribution in [0, 0.1) is 6.92 Å². The van der Waals surface area contributed by atoms with Crippen LogP contribution >= 0.6 is 11.3 Å². The highest BCUT2D eigenvalue weighted by Crippen LogP contribution is 2.31. The van der Waals surface area contributed by atoms with E-state index in [1.54, 1.807) is 42.8 Å². The number of nitrogens with zero attached hydrogens (tertiary/aromatic N) is 5. The first kappa shape index (κ1) is 17.2. The molecule has 0 radical (unpaired) electrons. The lowest BCUT2D eigenvalue weighted by Crippen LogP contribution is -2.26. The molecule has 0 aliphatic rings. The quantitative estimate of drug-likeness (QED) is 0.669. The van der Waals surface area contributed by atoms with Crippen LogP contribution in [0.25, 0.3) is 4.96 Å². The van der Waals surface area contributed by atoms with Gasteiger partial charge in [0.25, 0.3) is 0 Å². The molecule has 0 fully saturated rings. The summed E-state index contributed by atoms with van der Waals surface area (Å²) in [5.41, 5.74) is 0.747. The minimum atomic E-state index is -0.00472. The van der Waals surface area contributed by atoms with Gasteiger partial charge in [0, 0.05) is 31.6 Å². The van der Waals surface area contributed by atoms with Crippen molar-refractivity contribution >= 4 is 27.9 Å². The smallest absolute Gasteiger partial charge is 0.234 e. The standard InChI is InChI=1S/C16H19N5O3S/c1-10-17-18-16-21(10)19-14(25-16)7-8-15(22)20(2)11-5-6-12(23-3)13(9-11)24-4/h5-6,9H,7-8H2,1-4H3. The average Bonchev–Trinajstić information content (AvgIpc) is 3.20. The minimum Gasteiger partial charge on any atom is -0.493 e. The summed E-state index contributed by atoms with van der Waals surface area (Å²) in [6, 6.07) is 5.39. The molecule has 2 heterocycles. The van der Waals surface area contributed by atoms with E-state index >= 15 is 0 Å². The molecule has 3 rings (SSSR count). The molecule has 8 nitrogen and oxygen atoms in total. The van der Waals surface area contributed by atoms with E-state index < -0.39 is 0 Å². The molecule has 0 unspecified atom stereocenters. The van der Waals surface area contributed by atoms with Gasteiger partial charge in [-0.15, -0.1) is 10.2 Å². The van der Waals surface area contributed by atoms with Crippen molar-refractivity contribution in [2.24, 2.45) is 0 Å². The number of amides is 1. The Morgan fingerprint density at radius 2 is 2.00 bits per heavy atom. The average molecular weight is 361 g/mol. The number of rotatable bonds is 6. The van der Waals surface area contributed by atoms with Crippen molar-refractivity contribution in [2.45, 2.75) is 19.8 Å². The molecule has 1 amide bonds. The highest BCUT2D eigenvalue weighted by molar-refractivity contribution is 7.16. The van der Waals surface area contributed by atoms with Crippen LogP contribution in [0.3, 0.4) is 0 Å². The predicted molar refractivity (Wildman–Crippen MR) is 94.7 cm³/mol. The molecule has 0 spiro atoms. The van der Waals surface area contributed by atoms with Gasteiger partial charge in [0.1, 0.15) is 5.01 Å². The molecule has 1 aromatic carbocycles. The summed E-state index contributed by atoms with van der Waals surface area (Å²) < 4.78 is 12.2. The fraction of sp³-hybridized carbons (Fsp3) is 0.375. The Balaban J connectivity index is 1.67. The van der Waals surface area contributed by atoms with Gasteiger partial charge in [0.15, 0.2) is 17.3 Å². The zero-order valence-corrected chi connectivity index (χ0v) is 15.3. The Bertz CT molecular complexity index is 904. The first-order valence-corrected chi connectivity index (χ1v) is 8.51. The number of carbonyl (C=O) groups is 1. The summed E-state index contributed by atoms with van der Waals surface area (Å²) in [7, 11) is 4.89. The van der Waals surface area contributed by atoms with E-state index in [1.807, 2.05) is 13.0 Å². The van der Waals surface area contributed by atoms with Crippen LogP contribution in [0.2, 0.25) is 0 Å². The van der Waals surface area contributed by atoms with Crippen LogP contribution in [0.15, 0.2) is 18.2 Å². The molecule has 2 aromatic heterocycles. The number of benzene rings is 1. The molecular weight excluding hydrogens is 342 g/mol. The van der Waals surface area contributed by atoms with Crippen LogP contribution in [0.4, 0.5) is 5.69 Å². The van der Waals surface area contributed by atoms with E-state index in [2.05, 4.69) is 15.3 Å². The molecule has 0 bridgehead atoms. The van der Waals surface area contributed by atoms with Crippen LogP contribution in [0.1, 0.15) is 17.3 Å². The van der Waals surface area contributed by atoms with Gasteiger partial charge in [-0.3, -0.25) is 4.79 Å². The van der Waals surface area contributed by atoms with Crippen molar-refractivity contribution in [2.75, 3.05) is 26.2 Å². The molecule has 0 saturated heterocycles. The summed E-state index contributed by atoms with van der Waals surface area (Å²) in [6.45, 7) is 1.85. The maximum atomic E-state index is 12.5. The zero-order valence-electron chi connectivity index (χ0n) is 14.5. The number of ether oxygens (including phenoxy) is 2. The summed E-state index contributed by atoms with van der Waals surface area (Å²) in [5.74, 6) is 1.95. The van der Waals surface area contributed by atoms with E-state index in [0.29, 0.717) is 24.3 Å². The minimum absolute atomic E-state index is 0.00472. The Morgan fingerprint density at radius 1 is 1.24 bits per heavy atom. The monoisotopic (exact) mass is 361 g/mol. The molecular formula is C16H19N5O3S. The van der Waals surface area contributed by atoms with E-state index in [-0.39, 0.29) is 5.91 Å². The van der Waals surface area contributed by atoms with Crippen molar-refractivity contribution in [3.8, 4) is 11.5 Å². The number of aryl methyl sites for hydroxylation is 2. The molecule has 25 heavy (non-hydrogen) atoms. The first-order valence-electron chi connectivity index (χ1n) is 7.69. The van der Waals surface area contributed by atoms with Crippen molar-refractivity contribution in [1.29, 1.82) is 0 Å². The van der Waals surface area contributed by atoms with Gasteiger partial charge in [0.05, 0.1) is 14.2 Å². The Kier molecular flexibility index (Phi) is 4.84. The maximum absolute atomic E-state index is 12.5. The lowest BCUT2D eigenvalue weighted by Gasteiger charge is -2.18. The predicted octanol–water partition coefficient (Wildman–Crippen LogP) is 2.11. The second kappa shape index (κ2) is 7.06. The van der Waals surface area contributed by atoms with Gasteiger partial charge >= 0.3 is 0 Å². The number of carbonyl (C=O) groups excluding carboxylic acids is 1. The van der Waals surface area contributed by atoms with Crippen molar-refractivity contribution in [1.82, 2.24) is 19.8 Å². The number of aromatic nitrogens is 4. The second-order valence-electron chi connectivity index (χ2n) is 5.43.